The highest BCUT2D eigenvalue weighted by Crippen LogP contribution is 2.12. The molecule has 20 heavy (non-hydrogen) atoms. The number of guanidine groups is 1. The van der Waals surface area contributed by atoms with Gasteiger partial charge in [0.25, 0.3) is 0 Å². The Balaban J connectivity index is 2.56. The van der Waals surface area contributed by atoms with E-state index in [0.29, 0.717) is 13.2 Å². The van der Waals surface area contributed by atoms with E-state index in [-0.39, 0.29) is 0 Å². The Morgan fingerprint density at radius 1 is 1.20 bits per heavy atom. The van der Waals surface area contributed by atoms with Gasteiger partial charge in [0.05, 0.1) is 13.2 Å². The Morgan fingerprint density at radius 2 is 1.90 bits per heavy atom. The predicted molar refractivity (Wildman–Crippen MR) is 85.5 cm³/mol. The van der Waals surface area contributed by atoms with Crippen LogP contribution in [-0.2, 0) is 11.3 Å². The summed E-state index contributed by atoms with van der Waals surface area (Å²) >= 11 is 0. The number of nitrogens with one attached hydrogen (secondary N) is 2. The van der Waals surface area contributed by atoms with Crippen LogP contribution in [0.15, 0.2) is 29.3 Å². The lowest BCUT2D eigenvalue weighted by atomic mass is 10.2. The molecule has 0 unspecified atom stereocenters. The Labute approximate surface area is 122 Å². The second-order valence-corrected chi connectivity index (χ2v) is 4.68. The lowest BCUT2D eigenvalue weighted by Gasteiger charge is -2.13. The van der Waals surface area contributed by atoms with Gasteiger partial charge in [0.1, 0.15) is 0 Å². The molecule has 1 rings (SSSR count). The number of anilines is 1. The molecule has 0 saturated carbocycles. The summed E-state index contributed by atoms with van der Waals surface area (Å²) in [5.74, 6) is 0.821. The third-order valence-corrected chi connectivity index (χ3v) is 2.82. The summed E-state index contributed by atoms with van der Waals surface area (Å²) in [5, 5.41) is 6.44. The summed E-state index contributed by atoms with van der Waals surface area (Å²) in [6.45, 7) is 4.98. The van der Waals surface area contributed by atoms with Gasteiger partial charge in [-0.1, -0.05) is 12.1 Å². The second-order valence-electron chi connectivity index (χ2n) is 4.68. The summed E-state index contributed by atoms with van der Waals surface area (Å²) in [7, 11) is 5.77. The van der Waals surface area contributed by atoms with Gasteiger partial charge >= 0.3 is 0 Å². The van der Waals surface area contributed by atoms with Gasteiger partial charge in [-0.2, -0.15) is 0 Å². The molecule has 0 aliphatic heterocycles. The molecule has 0 aromatic heterocycles. The molecule has 0 radical (unpaired) electrons. The molecule has 0 aliphatic rings. The number of aliphatic imine (C=N–C) groups is 1. The molecule has 0 atom stereocenters. The van der Waals surface area contributed by atoms with Gasteiger partial charge in [0.15, 0.2) is 5.96 Å². The van der Waals surface area contributed by atoms with E-state index in [9.17, 15) is 0 Å². The zero-order valence-electron chi connectivity index (χ0n) is 12.9. The SMILES string of the molecule is CCNC(=NCc1ccc(N(C)C)cc1)NCCOC. The van der Waals surface area contributed by atoms with Gasteiger partial charge in [0, 0.05) is 40.0 Å². The molecule has 0 fully saturated rings. The van der Waals surface area contributed by atoms with Crippen LogP contribution in [0.5, 0.6) is 0 Å². The van der Waals surface area contributed by atoms with Gasteiger partial charge in [-0.3, -0.25) is 0 Å². The van der Waals surface area contributed by atoms with Crippen LogP contribution in [0.2, 0.25) is 0 Å². The molecule has 0 bridgehead atoms. The molecule has 0 saturated heterocycles. The van der Waals surface area contributed by atoms with Crippen LogP contribution in [0.4, 0.5) is 5.69 Å². The maximum absolute atomic E-state index is 5.02. The molecule has 0 amide bonds. The minimum Gasteiger partial charge on any atom is -0.383 e. The van der Waals surface area contributed by atoms with Crippen molar-refractivity contribution in [1.82, 2.24) is 10.6 Å². The first-order chi connectivity index (χ1) is 9.67. The molecule has 112 valence electrons. The van der Waals surface area contributed by atoms with Gasteiger partial charge < -0.3 is 20.3 Å². The largest absolute Gasteiger partial charge is 0.383 e. The van der Waals surface area contributed by atoms with Crippen molar-refractivity contribution in [1.29, 1.82) is 0 Å². The zero-order valence-corrected chi connectivity index (χ0v) is 12.9. The number of nitrogens with zero attached hydrogens (tertiary/aromatic N) is 2. The molecule has 5 heteroatoms. The van der Waals surface area contributed by atoms with E-state index >= 15 is 0 Å². The Morgan fingerprint density at radius 3 is 2.45 bits per heavy atom. The van der Waals surface area contributed by atoms with Crippen LogP contribution >= 0.6 is 0 Å². The van der Waals surface area contributed by atoms with Crippen molar-refractivity contribution in [2.45, 2.75) is 13.5 Å². The van der Waals surface area contributed by atoms with Crippen molar-refractivity contribution < 1.29 is 4.74 Å². The molecular formula is C15H26N4O. The van der Waals surface area contributed by atoms with E-state index < -0.39 is 0 Å². The monoisotopic (exact) mass is 278 g/mol. The van der Waals surface area contributed by atoms with Crippen molar-refractivity contribution >= 4 is 11.6 Å². The molecule has 0 aliphatic carbocycles. The van der Waals surface area contributed by atoms with Gasteiger partial charge in [-0.05, 0) is 24.6 Å². The van der Waals surface area contributed by atoms with E-state index in [1.54, 1.807) is 7.11 Å². The van der Waals surface area contributed by atoms with Crippen LogP contribution in [0, 0.1) is 0 Å². The number of rotatable bonds is 7. The van der Waals surface area contributed by atoms with E-state index in [0.717, 1.165) is 19.0 Å². The maximum Gasteiger partial charge on any atom is 0.191 e. The highest BCUT2D eigenvalue weighted by Gasteiger charge is 1.98. The molecule has 5 nitrogen and oxygen atoms in total. The lowest BCUT2D eigenvalue weighted by Crippen LogP contribution is -2.38. The van der Waals surface area contributed by atoms with E-state index in [1.165, 1.54) is 11.3 Å². The van der Waals surface area contributed by atoms with E-state index in [4.69, 9.17) is 4.74 Å². The minimum atomic E-state index is 0.663. The normalized spacial score (nSPS) is 11.3. The summed E-state index contributed by atoms with van der Waals surface area (Å²) in [6, 6.07) is 8.43. The number of benzene rings is 1. The third-order valence-electron chi connectivity index (χ3n) is 2.82. The number of ether oxygens (including phenoxy) is 1. The highest BCUT2D eigenvalue weighted by atomic mass is 16.5. The number of hydrogen-bond donors (Lipinski definition) is 2. The summed E-state index contributed by atoms with van der Waals surface area (Å²) in [4.78, 5) is 6.64. The molecule has 1 aromatic rings. The molecule has 2 N–H and O–H groups in total. The van der Waals surface area contributed by atoms with Crippen LogP contribution in [0.3, 0.4) is 0 Å². The maximum atomic E-state index is 5.02. The van der Waals surface area contributed by atoms with Crippen LogP contribution in [0.25, 0.3) is 0 Å². The molecule has 0 heterocycles. The molecule has 1 aromatic carbocycles. The molecular weight excluding hydrogens is 252 g/mol. The Kier molecular flexibility index (Phi) is 7.50. The van der Waals surface area contributed by atoms with Gasteiger partial charge in [-0.15, -0.1) is 0 Å². The van der Waals surface area contributed by atoms with E-state index in [2.05, 4.69) is 51.7 Å². The van der Waals surface area contributed by atoms with Crippen molar-refractivity contribution in [3.63, 3.8) is 0 Å². The summed E-state index contributed by atoms with van der Waals surface area (Å²) in [5.41, 5.74) is 2.39. The first kappa shape index (κ1) is 16.3. The van der Waals surface area contributed by atoms with Crippen molar-refractivity contribution in [2.75, 3.05) is 45.8 Å². The Bertz CT molecular complexity index is 401. The predicted octanol–water partition coefficient (Wildman–Crippen LogP) is 1.45. The number of hydrogen-bond acceptors (Lipinski definition) is 3. The third kappa shape index (κ3) is 5.93. The fourth-order valence-corrected chi connectivity index (χ4v) is 1.68. The highest BCUT2D eigenvalue weighted by molar-refractivity contribution is 5.79. The smallest absolute Gasteiger partial charge is 0.191 e. The minimum absolute atomic E-state index is 0.663. The average molecular weight is 278 g/mol. The average Bonchev–Trinajstić information content (AvgIpc) is 2.45. The standard InChI is InChI=1S/C15H26N4O/c1-5-16-15(17-10-11-20-4)18-12-13-6-8-14(9-7-13)19(2)3/h6-9H,5,10-12H2,1-4H3,(H2,16,17,18). The van der Waals surface area contributed by atoms with Crippen molar-refractivity contribution in [2.24, 2.45) is 4.99 Å². The van der Waals surface area contributed by atoms with E-state index in [1.807, 2.05) is 14.1 Å². The van der Waals surface area contributed by atoms with Gasteiger partial charge in [0.2, 0.25) is 0 Å². The topological polar surface area (TPSA) is 48.9 Å². The summed E-state index contributed by atoms with van der Waals surface area (Å²) in [6.07, 6.45) is 0. The van der Waals surface area contributed by atoms with Crippen LogP contribution in [0.1, 0.15) is 12.5 Å². The van der Waals surface area contributed by atoms with Crippen LogP contribution in [-0.4, -0.2) is 46.9 Å². The van der Waals surface area contributed by atoms with Gasteiger partial charge in [-0.25, -0.2) is 4.99 Å². The van der Waals surface area contributed by atoms with Crippen LogP contribution < -0.4 is 15.5 Å². The lowest BCUT2D eigenvalue weighted by molar-refractivity contribution is 0.203. The first-order valence-corrected chi connectivity index (χ1v) is 6.94. The van der Waals surface area contributed by atoms with Crippen molar-refractivity contribution in [3.05, 3.63) is 29.8 Å². The fourth-order valence-electron chi connectivity index (χ4n) is 1.68. The fraction of sp³-hybridized carbons (Fsp3) is 0.533. The Hall–Kier alpha value is -1.75. The summed E-state index contributed by atoms with van der Waals surface area (Å²) < 4.78 is 5.02. The number of methoxy groups -OCH3 is 1. The second kappa shape index (κ2) is 9.20. The van der Waals surface area contributed by atoms with Crippen molar-refractivity contribution in [3.8, 4) is 0 Å². The molecule has 0 spiro atoms. The zero-order chi connectivity index (χ0) is 14.8. The first-order valence-electron chi connectivity index (χ1n) is 6.94. The quantitative estimate of drug-likeness (QED) is 0.450.